The van der Waals surface area contributed by atoms with E-state index in [-0.39, 0.29) is 18.4 Å². The van der Waals surface area contributed by atoms with Crippen LogP contribution in [-0.4, -0.2) is 30.9 Å². The lowest BCUT2D eigenvalue weighted by Gasteiger charge is -2.04. The summed E-state index contributed by atoms with van der Waals surface area (Å²) in [5.74, 6) is 0.292. The van der Waals surface area contributed by atoms with E-state index in [2.05, 4.69) is 10.1 Å². The first-order valence-electron chi connectivity index (χ1n) is 7.55. The first-order chi connectivity index (χ1) is 12.1. The van der Waals surface area contributed by atoms with E-state index < -0.39 is 9.84 Å². The molecule has 25 heavy (non-hydrogen) atoms. The second-order valence-corrected chi connectivity index (χ2v) is 7.71. The molecule has 0 amide bonds. The maximum atomic E-state index is 12.1. The number of sulfone groups is 1. The molecule has 1 heterocycles. The third-order valence-corrected chi connectivity index (χ3v) is 5.55. The van der Waals surface area contributed by atoms with Crippen LogP contribution in [0.3, 0.4) is 0 Å². The van der Waals surface area contributed by atoms with E-state index in [1.165, 1.54) is 0 Å². The third-order valence-electron chi connectivity index (χ3n) is 3.41. The Kier molecular flexibility index (Phi) is 5.35. The van der Waals surface area contributed by atoms with Crippen molar-refractivity contribution in [3.63, 3.8) is 0 Å². The molecule has 3 rings (SSSR count). The molecule has 0 fully saturated rings. The maximum absolute atomic E-state index is 12.1. The van der Waals surface area contributed by atoms with Crippen molar-refractivity contribution in [2.24, 2.45) is 0 Å². The van der Waals surface area contributed by atoms with Crippen LogP contribution in [0.15, 0.2) is 64.0 Å². The number of nitrogens with zero attached hydrogens (tertiary/aromatic N) is 2. The van der Waals surface area contributed by atoms with Gasteiger partial charge in [-0.3, -0.25) is 4.52 Å². The van der Waals surface area contributed by atoms with Gasteiger partial charge in [-0.15, -0.1) is 0 Å². The van der Waals surface area contributed by atoms with Gasteiger partial charge in [-0.1, -0.05) is 47.1 Å². The van der Waals surface area contributed by atoms with Gasteiger partial charge in [0.05, 0.1) is 22.3 Å². The van der Waals surface area contributed by atoms with Crippen LogP contribution in [0.25, 0.3) is 11.4 Å². The van der Waals surface area contributed by atoms with Gasteiger partial charge < -0.3 is 4.74 Å². The zero-order chi connectivity index (χ0) is 17.7. The van der Waals surface area contributed by atoms with Crippen LogP contribution in [0.1, 0.15) is 6.42 Å². The predicted molar refractivity (Wildman–Crippen MR) is 93.4 cm³/mol. The molecule has 3 aromatic rings. The summed E-state index contributed by atoms with van der Waals surface area (Å²) in [6.45, 7) is 0.149. The lowest BCUT2D eigenvalue weighted by Crippen LogP contribution is -2.10. The molecule has 0 aliphatic rings. The molecular formula is C17H15ClN2O4S. The van der Waals surface area contributed by atoms with Crippen LogP contribution in [-0.2, 0) is 9.84 Å². The largest absolute Gasteiger partial charge is 0.449 e. The monoisotopic (exact) mass is 378 g/mol. The van der Waals surface area contributed by atoms with E-state index in [1.54, 1.807) is 48.5 Å². The Labute approximate surface area is 150 Å². The molecule has 0 aliphatic heterocycles. The number of hydrogen-bond donors (Lipinski definition) is 0. The first-order valence-corrected chi connectivity index (χ1v) is 9.58. The minimum absolute atomic E-state index is 0.0213. The Balaban J connectivity index is 1.54. The summed E-state index contributed by atoms with van der Waals surface area (Å²) >= 11 is 6.07. The van der Waals surface area contributed by atoms with Crippen molar-refractivity contribution in [3.05, 3.63) is 59.6 Å². The van der Waals surface area contributed by atoms with Gasteiger partial charge in [-0.2, -0.15) is 4.98 Å². The van der Waals surface area contributed by atoms with E-state index in [0.29, 0.717) is 27.7 Å². The van der Waals surface area contributed by atoms with Gasteiger partial charge in [0.15, 0.2) is 9.84 Å². The SMILES string of the molecule is O=S(=O)(CCCOc1nc(-c2ccccc2Cl)no1)c1ccccc1. The molecule has 0 spiro atoms. The van der Waals surface area contributed by atoms with Crippen LogP contribution in [0.4, 0.5) is 0 Å². The molecule has 2 aromatic carbocycles. The van der Waals surface area contributed by atoms with Gasteiger partial charge in [0.2, 0.25) is 5.82 Å². The van der Waals surface area contributed by atoms with Crippen LogP contribution >= 0.6 is 11.6 Å². The summed E-state index contributed by atoms with van der Waals surface area (Å²) in [7, 11) is -3.32. The van der Waals surface area contributed by atoms with Crippen LogP contribution in [0.5, 0.6) is 6.08 Å². The van der Waals surface area contributed by atoms with Gasteiger partial charge >= 0.3 is 6.08 Å². The minimum atomic E-state index is -3.32. The van der Waals surface area contributed by atoms with Crippen molar-refractivity contribution in [2.45, 2.75) is 11.3 Å². The minimum Gasteiger partial charge on any atom is -0.449 e. The molecule has 0 bridgehead atoms. The Hall–Kier alpha value is -2.38. The zero-order valence-electron chi connectivity index (χ0n) is 13.1. The molecule has 0 saturated carbocycles. The van der Waals surface area contributed by atoms with Gasteiger partial charge in [-0.05, 0) is 30.7 Å². The molecular weight excluding hydrogens is 364 g/mol. The third kappa shape index (κ3) is 4.37. The van der Waals surface area contributed by atoms with Crippen molar-refractivity contribution in [1.82, 2.24) is 10.1 Å². The highest BCUT2D eigenvalue weighted by atomic mass is 35.5. The van der Waals surface area contributed by atoms with Crippen LogP contribution in [0, 0.1) is 0 Å². The Bertz CT molecular complexity index is 942. The molecule has 130 valence electrons. The Morgan fingerprint density at radius 1 is 1.04 bits per heavy atom. The summed E-state index contributed by atoms with van der Waals surface area (Å²) in [6.07, 6.45) is 0.285. The molecule has 0 saturated heterocycles. The Morgan fingerprint density at radius 2 is 1.76 bits per heavy atom. The molecule has 0 unspecified atom stereocenters. The summed E-state index contributed by atoms with van der Waals surface area (Å²) in [5.41, 5.74) is 0.634. The van der Waals surface area contributed by atoms with Gasteiger partial charge in [-0.25, -0.2) is 8.42 Å². The number of halogens is 1. The average molecular weight is 379 g/mol. The summed E-state index contributed by atoms with van der Waals surface area (Å²) in [4.78, 5) is 4.40. The fourth-order valence-electron chi connectivity index (χ4n) is 2.17. The van der Waals surface area contributed by atoms with Gasteiger partial charge in [0.25, 0.3) is 0 Å². The molecule has 0 N–H and O–H groups in total. The lowest BCUT2D eigenvalue weighted by atomic mass is 10.2. The first kappa shape index (κ1) is 17.4. The van der Waals surface area contributed by atoms with Crippen molar-refractivity contribution < 1.29 is 17.7 Å². The lowest BCUT2D eigenvalue weighted by molar-refractivity contribution is 0.205. The normalized spacial score (nSPS) is 11.4. The number of aromatic nitrogens is 2. The highest BCUT2D eigenvalue weighted by Crippen LogP contribution is 2.26. The van der Waals surface area contributed by atoms with Crippen molar-refractivity contribution in [1.29, 1.82) is 0 Å². The highest BCUT2D eigenvalue weighted by Gasteiger charge is 2.15. The topological polar surface area (TPSA) is 82.3 Å². The maximum Gasteiger partial charge on any atom is 0.417 e. The van der Waals surface area contributed by atoms with Gasteiger partial charge in [0, 0.05) is 5.56 Å². The van der Waals surface area contributed by atoms with Crippen molar-refractivity contribution in [2.75, 3.05) is 12.4 Å². The van der Waals surface area contributed by atoms with E-state index in [1.807, 2.05) is 6.07 Å². The number of hydrogen-bond acceptors (Lipinski definition) is 6. The fraction of sp³-hybridized carbons (Fsp3) is 0.176. The van der Waals surface area contributed by atoms with Gasteiger partial charge in [0.1, 0.15) is 0 Å². The summed E-state index contributed by atoms with van der Waals surface area (Å²) in [5, 5.41) is 4.31. The number of ether oxygens (including phenoxy) is 1. The van der Waals surface area contributed by atoms with Crippen molar-refractivity contribution in [3.8, 4) is 17.5 Å². The Morgan fingerprint density at radius 3 is 2.52 bits per heavy atom. The summed E-state index contributed by atoms with van der Waals surface area (Å²) in [6, 6.07) is 15.4. The smallest absolute Gasteiger partial charge is 0.417 e. The van der Waals surface area contributed by atoms with E-state index in [4.69, 9.17) is 20.9 Å². The molecule has 8 heteroatoms. The van der Waals surface area contributed by atoms with E-state index in [9.17, 15) is 8.42 Å². The zero-order valence-corrected chi connectivity index (χ0v) is 14.7. The standard InChI is InChI=1S/C17H15ClN2O4S/c18-15-10-5-4-9-14(15)16-19-17(24-20-16)23-11-6-12-25(21,22)13-7-2-1-3-8-13/h1-5,7-10H,6,11-12H2. The second kappa shape index (κ2) is 7.67. The van der Waals surface area contributed by atoms with Crippen molar-refractivity contribution >= 4 is 21.4 Å². The molecule has 0 atom stereocenters. The molecule has 0 aliphatic carbocycles. The number of benzene rings is 2. The highest BCUT2D eigenvalue weighted by molar-refractivity contribution is 7.91. The average Bonchev–Trinajstić information content (AvgIpc) is 3.09. The predicted octanol–water partition coefficient (Wildman–Crippen LogP) is 3.63. The quantitative estimate of drug-likeness (QED) is 0.584. The second-order valence-electron chi connectivity index (χ2n) is 5.20. The number of rotatable bonds is 7. The van der Waals surface area contributed by atoms with E-state index >= 15 is 0 Å². The summed E-state index contributed by atoms with van der Waals surface area (Å²) < 4.78 is 34.6. The fourth-order valence-corrected chi connectivity index (χ4v) is 3.70. The van der Waals surface area contributed by atoms with Crippen LogP contribution < -0.4 is 4.74 Å². The molecule has 1 aromatic heterocycles. The molecule has 0 radical (unpaired) electrons. The van der Waals surface area contributed by atoms with Crippen LogP contribution in [0.2, 0.25) is 5.02 Å². The molecule has 6 nitrogen and oxygen atoms in total. The van der Waals surface area contributed by atoms with E-state index in [0.717, 1.165) is 0 Å².